The molecule has 0 aliphatic carbocycles. The summed E-state index contributed by atoms with van der Waals surface area (Å²) >= 11 is 0. The van der Waals surface area contributed by atoms with Crippen LogP contribution in [0.5, 0.6) is 0 Å². The largest absolute Gasteiger partial charge is 0.273 e. The zero-order valence-corrected chi connectivity index (χ0v) is 13.5. The number of nitrogens with zero attached hydrogens (tertiary/aromatic N) is 2. The van der Waals surface area contributed by atoms with E-state index in [-0.39, 0.29) is 11.9 Å². The summed E-state index contributed by atoms with van der Waals surface area (Å²) in [6.07, 6.45) is 2.58. The van der Waals surface area contributed by atoms with Crippen LogP contribution >= 0.6 is 0 Å². The Morgan fingerprint density at radius 2 is 2.00 bits per heavy atom. The molecule has 0 N–H and O–H groups in total. The van der Waals surface area contributed by atoms with Gasteiger partial charge in [0.1, 0.15) is 0 Å². The summed E-state index contributed by atoms with van der Waals surface area (Å²) < 4.78 is 0. The van der Waals surface area contributed by atoms with Crippen LogP contribution in [0.15, 0.2) is 60.2 Å². The number of carbonyl (C=O) groups excluding carboxylic acids is 1. The Morgan fingerprint density at radius 3 is 2.65 bits per heavy atom. The third kappa shape index (κ3) is 2.95. The van der Waals surface area contributed by atoms with Crippen molar-refractivity contribution in [2.75, 3.05) is 0 Å². The van der Waals surface area contributed by atoms with Crippen LogP contribution < -0.4 is 0 Å². The number of aryl methyl sites for hydroxylation is 1. The molecule has 1 aliphatic rings. The SMILES string of the molecule is C=Cc1cc(C2=NN(C(C)=O)C(c3ccccc3)C2)ccc1C. The maximum atomic E-state index is 12.0. The predicted molar refractivity (Wildman–Crippen MR) is 94.1 cm³/mol. The van der Waals surface area contributed by atoms with Crippen molar-refractivity contribution in [3.63, 3.8) is 0 Å². The van der Waals surface area contributed by atoms with Crippen molar-refractivity contribution in [2.24, 2.45) is 5.10 Å². The molecule has 3 heteroatoms. The number of hydrogen-bond donors (Lipinski definition) is 0. The van der Waals surface area contributed by atoms with Crippen LogP contribution in [-0.4, -0.2) is 16.6 Å². The molecule has 3 rings (SSSR count). The third-order valence-electron chi connectivity index (χ3n) is 4.25. The van der Waals surface area contributed by atoms with E-state index in [0.29, 0.717) is 0 Å². The quantitative estimate of drug-likeness (QED) is 0.830. The van der Waals surface area contributed by atoms with E-state index in [1.165, 1.54) is 5.56 Å². The highest BCUT2D eigenvalue weighted by atomic mass is 16.2. The molecule has 0 bridgehead atoms. The minimum absolute atomic E-state index is 0.0304. The molecule has 2 aromatic carbocycles. The van der Waals surface area contributed by atoms with Gasteiger partial charge in [-0.25, -0.2) is 5.01 Å². The molecule has 1 heterocycles. The topological polar surface area (TPSA) is 32.7 Å². The second-order valence-corrected chi connectivity index (χ2v) is 5.82. The molecular weight excluding hydrogens is 284 g/mol. The van der Waals surface area contributed by atoms with Crippen molar-refractivity contribution >= 4 is 17.7 Å². The molecule has 0 aromatic heterocycles. The smallest absolute Gasteiger partial charge is 0.240 e. The van der Waals surface area contributed by atoms with E-state index in [4.69, 9.17) is 0 Å². The summed E-state index contributed by atoms with van der Waals surface area (Å²) in [4.78, 5) is 12.0. The van der Waals surface area contributed by atoms with Gasteiger partial charge in [-0.1, -0.05) is 55.1 Å². The molecular formula is C20H20N2O. The van der Waals surface area contributed by atoms with Gasteiger partial charge in [0.25, 0.3) is 0 Å². The normalized spacial score (nSPS) is 17.0. The summed E-state index contributed by atoms with van der Waals surface area (Å²) in [5.41, 5.74) is 5.39. The van der Waals surface area contributed by atoms with E-state index in [1.807, 2.05) is 36.4 Å². The van der Waals surface area contributed by atoms with Crippen molar-refractivity contribution in [3.8, 4) is 0 Å². The number of hydrazone groups is 1. The van der Waals surface area contributed by atoms with Crippen LogP contribution in [0.2, 0.25) is 0 Å². The fraction of sp³-hybridized carbons (Fsp3) is 0.200. The molecule has 1 atom stereocenters. The predicted octanol–water partition coefficient (Wildman–Crippen LogP) is 4.34. The van der Waals surface area contributed by atoms with Crippen molar-refractivity contribution in [1.29, 1.82) is 0 Å². The Hall–Kier alpha value is -2.68. The van der Waals surface area contributed by atoms with Crippen LogP contribution in [0.3, 0.4) is 0 Å². The Kier molecular flexibility index (Phi) is 4.11. The molecule has 3 nitrogen and oxygen atoms in total. The van der Waals surface area contributed by atoms with Crippen LogP contribution in [-0.2, 0) is 4.79 Å². The van der Waals surface area contributed by atoms with E-state index in [1.54, 1.807) is 11.9 Å². The minimum Gasteiger partial charge on any atom is -0.273 e. The Bertz CT molecular complexity index is 777. The molecule has 2 aromatic rings. The number of benzene rings is 2. The second kappa shape index (κ2) is 6.21. The first kappa shape index (κ1) is 15.2. The van der Waals surface area contributed by atoms with Crippen molar-refractivity contribution < 1.29 is 4.79 Å². The van der Waals surface area contributed by atoms with Crippen molar-refractivity contribution in [2.45, 2.75) is 26.3 Å². The first-order valence-electron chi connectivity index (χ1n) is 7.76. The lowest BCUT2D eigenvalue weighted by Crippen LogP contribution is -2.24. The average molecular weight is 304 g/mol. The van der Waals surface area contributed by atoms with Crippen molar-refractivity contribution in [1.82, 2.24) is 5.01 Å². The second-order valence-electron chi connectivity index (χ2n) is 5.82. The van der Waals surface area contributed by atoms with Gasteiger partial charge in [0, 0.05) is 13.3 Å². The van der Waals surface area contributed by atoms with E-state index in [0.717, 1.165) is 28.8 Å². The molecule has 23 heavy (non-hydrogen) atoms. The van der Waals surface area contributed by atoms with Crippen LogP contribution in [0, 0.1) is 6.92 Å². The molecule has 0 saturated heterocycles. The highest BCUT2D eigenvalue weighted by molar-refractivity contribution is 6.03. The van der Waals surface area contributed by atoms with Gasteiger partial charge < -0.3 is 0 Å². The molecule has 1 amide bonds. The van der Waals surface area contributed by atoms with Crippen LogP contribution in [0.4, 0.5) is 0 Å². The number of amides is 1. The van der Waals surface area contributed by atoms with Gasteiger partial charge in [0.05, 0.1) is 11.8 Å². The highest BCUT2D eigenvalue weighted by Gasteiger charge is 2.31. The summed E-state index contributed by atoms with van der Waals surface area (Å²) in [7, 11) is 0. The highest BCUT2D eigenvalue weighted by Crippen LogP contribution is 2.33. The van der Waals surface area contributed by atoms with E-state index in [2.05, 4.69) is 36.8 Å². The molecule has 0 saturated carbocycles. The first-order chi connectivity index (χ1) is 11.1. The summed E-state index contributed by atoms with van der Waals surface area (Å²) in [5.74, 6) is -0.0371. The van der Waals surface area contributed by atoms with Gasteiger partial charge in [-0.15, -0.1) is 0 Å². The molecule has 1 unspecified atom stereocenters. The van der Waals surface area contributed by atoms with E-state index in [9.17, 15) is 4.79 Å². The van der Waals surface area contributed by atoms with Crippen molar-refractivity contribution in [3.05, 3.63) is 77.4 Å². The molecule has 116 valence electrons. The van der Waals surface area contributed by atoms with Gasteiger partial charge in [0.15, 0.2) is 0 Å². The van der Waals surface area contributed by atoms with E-state index < -0.39 is 0 Å². The monoisotopic (exact) mass is 304 g/mol. The third-order valence-corrected chi connectivity index (χ3v) is 4.25. The lowest BCUT2D eigenvalue weighted by Gasteiger charge is -2.20. The lowest BCUT2D eigenvalue weighted by atomic mass is 9.96. The minimum atomic E-state index is -0.0371. The average Bonchev–Trinajstić information content (AvgIpc) is 3.02. The summed E-state index contributed by atoms with van der Waals surface area (Å²) in [5, 5.41) is 6.18. The molecule has 0 spiro atoms. The maximum Gasteiger partial charge on any atom is 0.240 e. The standard InChI is InChI=1S/C20H20N2O/c1-4-16-12-18(11-10-14(16)2)19-13-20(22(21-19)15(3)23)17-8-6-5-7-9-17/h4-12,20H,1,13H2,2-3H3. The molecule has 0 radical (unpaired) electrons. The molecule has 1 aliphatic heterocycles. The van der Waals surface area contributed by atoms with Gasteiger partial charge in [0.2, 0.25) is 5.91 Å². The Morgan fingerprint density at radius 1 is 1.26 bits per heavy atom. The first-order valence-corrected chi connectivity index (χ1v) is 7.76. The number of carbonyl (C=O) groups is 1. The fourth-order valence-electron chi connectivity index (χ4n) is 2.95. The maximum absolute atomic E-state index is 12.0. The van der Waals surface area contributed by atoms with Gasteiger partial charge in [-0.3, -0.25) is 4.79 Å². The Balaban J connectivity index is 1.97. The van der Waals surface area contributed by atoms with Gasteiger partial charge in [-0.2, -0.15) is 5.10 Å². The van der Waals surface area contributed by atoms with Gasteiger partial charge >= 0.3 is 0 Å². The summed E-state index contributed by atoms with van der Waals surface area (Å²) in [6, 6.07) is 16.3. The van der Waals surface area contributed by atoms with Gasteiger partial charge in [-0.05, 0) is 35.2 Å². The number of rotatable bonds is 3. The van der Waals surface area contributed by atoms with Crippen LogP contribution in [0.1, 0.15) is 41.6 Å². The fourth-order valence-corrected chi connectivity index (χ4v) is 2.95. The summed E-state index contributed by atoms with van der Waals surface area (Å²) in [6.45, 7) is 7.48. The number of hydrogen-bond acceptors (Lipinski definition) is 2. The Labute approximate surface area is 136 Å². The zero-order valence-electron chi connectivity index (χ0n) is 13.5. The van der Waals surface area contributed by atoms with Crippen LogP contribution in [0.25, 0.3) is 6.08 Å². The zero-order chi connectivity index (χ0) is 16.4. The molecule has 0 fully saturated rings. The van der Waals surface area contributed by atoms with E-state index >= 15 is 0 Å². The lowest BCUT2D eigenvalue weighted by molar-refractivity contribution is -0.130.